The highest BCUT2D eigenvalue weighted by Gasteiger charge is 2.43. The van der Waals surface area contributed by atoms with Crippen LogP contribution in [0.3, 0.4) is 0 Å². The number of benzene rings is 1. The Labute approximate surface area is 167 Å². The molecule has 2 saturated heterocycles. The molecule has 0 aromatic heterocycles. The first-order chi connectivity index (χ1) is 13.6. The number of likely N-dealkylation sites (N-methyl/N-ethyl adjacent to an activating group) is 1. The maximum atomic E-state index is 12.8. The Bertz CT molecular complexity index is 694. The minimum absolute atomic E-state index is 0.00789. The third kappa shape index (κ3) is 4.08. The predicted octanol–water partition coefficient (Wildman–Crippen LogP) is 2.29. The number of ether oxygens (including phenoxy) is 1. The lowest BCUT2D eigenvalue weighted by Gasteiger charge is -2.47. The van der Waals surface area contributed by atoms with Crippen molar-refractivity contribution in [3.05, 3.63) is 30.3 Å². The predicted molar refractivity (Wildman–Crippen MR) is 108 cm³/mol. The summed E-state index contributed by atoms with van der Waals surface area (Å²) in [6.45, 7) is 2.60. The molecule has 152 valence electrons. The van der Waals surface area contributed by atoms with Gasteiger partial charge in [0.05, 0.1) is 18.7 Å². The summed E-state index contributed by atoms with van der Waals surface area (Å²) in [5.74, 6) is 0.226. The summed E-state index contributed by atoms with van der Waals surface area (Å²) in [4.78, 5) is 31.2. The van der Waals surface area contributed by atoms with E-state index in [4.69, 9.17) is 4.74 Å². The van der Waals surface area contributed by atoms with E-state index in [0.29, 0.717) is 32.2 Å². The third-order valence-electron chi connectivity index (χ3n) is 6.68. The minimum Gasteiger partial charge on any atom is -0.363 e. The summed E-state index contributed by atoms with van der Waals surface area (Å²) in [5, 5.41) is 0. The largest absolute Gasteiger partial charge is 0.363 e. The summed E-state index contributed by atoms with van der Waals surface area (Å²) in [6.07, 6.45) is 6.55. The van der Waals surface area contributed by atoms with Crippen molar-refractivity contribution in [2.75, 3.05) is 44.7 Å². The van der Waals surface area contributed by atoms with E-state index >= 15 is 0 Å². The molecule has 1 aliphatic carbocycles. The second kappa shape index (κ2) is 8.21. The van der Waals surface area contributed by atoms with Gasteiger partial charge in [0, 0.05) is 24.8 Å². The molecule has 0 atom stereocenters. The molecule has 2 aliphatic heterocycles. The second-order valence-corrected chi connectivity index (χ2v) is 8.52. The zero-order valence-corrected chi connectivity index (χ0v) is 16.8. The topological polar surface area (TPSA) is 53.1 Å². The van der Waals surface area contributed by atoms with Gasteiger partial charge in [-0.3, -0.25) is 14.5 Å². The molecule has 3 aliphatic rings. The molecule has 6 heteroatoms. The zero-order valence-electron chi connectivity index (χ0n) is 16.8. The molecule has 0 radical (unpaired) electrons. The minimum atomic E-state index is -0.335. The fourth-order valence-electron chi connectivity index (χ4n) is 4.81. The smallest absolute Gasteiger partial charge is 0.253 e. The Morgan fingerprint density at radius 1 is 1.18 bits per heavy atom. The summed E-state index contributed by atoms with van der Waals surface area (Å²) >= 11 is 0. The van der Waals surface area contributed by atoms with Gasteiger partial charge in [-0.05, 0) is 44.9 Å². The maximum absolute atomic E-state index is 12.8. The van der Waals surface area contributed by atoms with Gasteiger partial charge in [-0.1, -0.05) is 31.0 Å². The van der Waals surface area contributed by atoms with E-state index in [0.717, 1.165) is 18.5 Å². The van der Waals surface area contributed by atoms with Gasteiger partial charge in [-0.2, -0.15) is 0 Å². The van der Waals surface area contributed by atoms with E-state index in [-0.39, 0.29) is 24.0 Å². The molecule has 2 amide bonds. The molecular weight excluding hydrogens is 354 g/mol. The first-order valence-electron chi connectivity index (χ1n) is 10.5. The van der Waals surface area contributed by atoms with Crippen LogP contribution < -0.4 is 4.90 Å². The molecule has 0 unspecified atom stereocenters. The fourth-order valence-corrected chi connectivity index (χ4v) is 4.81. The molecule has 0 N–H and O–H groups in total. The highest BCUT2D eigenvalue weighted by Crippen LogP contribution is 2.33. The van der Waals surface area contributed by atoms with Crippen LogP contribution in [0.1, 0.15) is 38.5 Å². The molecular formula is C22H31N3O3. The highest BCUT2D eigenvalue weighted by atomic mass is 16.5. The van der Waals surface area contributed by atoms with Gasteiger partial charge < -0.3 is 14.5 Å². The first-order valence-corrected chi connectivity index (χ1v) is 10.5. The van der Waals surface area contributed by atoms with Crippen LogP contribution in [0.2, 0.25) is 0 Å². The normalized spacial score (nSPS) is 23.0. The van der Waals surface area contributed by atoms with Crippen molar-refractivity contribution in [3.8, 4) is 0 Å². The van der Waals surface area contributed by atoms with Crippen LogP contribution in [0, 0.1) is 0 Å². The van der Waals surface area contributed by atoms with Gasteiger partial charge in [-0.15, -0.1) is 0 Å². The Hall–Kier alpha value is -1.92. The number of morpholine rings is 1. The van der Waals surface area contributed by atoms with Crippen molar-refractivity contribution in [3.63, 3.8) is 0 Å². The number of hydrogen-bond donors (Lipinski definition) is 0. The standard InChI is InChI=1S/C22H31N3O3/c1-23(18-7-5-6-8-18)15-20(26)24-13-11-22(12-14-24)17-25(21(27)16-28-22)19-9-3-2-4-10-19/h2-4,9-10,18H,5-8,11-17H2,1H3. The number of carbonyl (C=O) groups excluding carboxylic acids is 2. The second-order valence-electron chi connectivity index (χ2n) is 8.52. The van der Waals surface area contributed by atoms with Crippen LogP contribution in [0.4, 0.5) is 5.69 Å². The number of carbonyl (C=O) groups is 2. The molecule has 1 saturated carbocycles. The van der Waals surface area contributed by atoms with E-state index < -0.39 is 0 Å². The number of nitrogens with zero attached hydrogens (tertiary/aromatic N) is 3. The number of para-hydroxylation sites is 1. The average molecular weight is 386 g/mol. The summed E-state index contributed by atoms with van der Waals surface area (Å²) in [5.41, 5.74) is 0.588. The van der Waals surface area contributed by atoms with E-state index in [1.165, 1.54) is 25.7 Å². The Morgan fingerprint density at radius 2 is 1.86 bits per heavy atom. The number of piperidine rings is 1. The van der Waals surface area contributed by atoms with Crippen LogP contribution in [0.5, 0.6) is 0 Å². The monoisotopic (exact) mass is 385 g/mol. The molecule has 6 nitrogen and oxygen atoms in total. The lowest BCUT2D eigenvalue weighted by atomic mass is 9.89. The highest BCUT2D eigenvalue weighted by molar-refractivity contribution is 5.95. The molecule has 1 aromatic rings. The SMILES string of the molecule is CN(CC(=O)N1CCC2(CC1)CN(c1ccccc1)C(=O)CO2)C1CCCC1. The van der Waals surface area contributed by atoms with Gasteiger partial charge >= 0.3 is 0 Å². The summed E-state index contributed by atoms with van der Waals surface area (Å²) in [6, 6.07) is 10.4. The molecule has 0 bridgehead atoms. The summed E-state index contributed by atoms with van der Waals surface area (Å²) in [7, 11) is 2.08. The van der Waals surface area contributed by atoms with Crippen LogP contribution in [-0.2, 0) is 14.3 Å². The molecule has 28 heavy (non-hydrogen) atoms. The summed E-state index contributed by atoms with van der Waals surface area (Å²) < 4.78 is 6.02. The van der Waals surface area contributed by atoms with Crippen molar-refractivity contribution >= 4 is 17.5 Å². The fraction of sp³-hybridized carbons (Fsp3) is 0.636. The number of hydrogen-bond acceptors (Lipinski definition) is 4. The Morgan fingerprint density at radius 3 is 2.54 bits per heavy atom. The van der Waals surface area contributed by atoms with Crippen molar-refractivity contribution in [2.24, 2.45) is 0 Å². The molecule has 1 spiro atoms. The van der Waals surface area contributed by atoms with E-state index in [1.54, 1.807) is 0 Å². The molecule has 2 heterocycles. The quantitative estimate of drug-likeness (QED) is 0.798. The lowest BCUT2D eigenvalue weighted by molar-refractivity contribution is -0.151. The van der Waals surface area contributed by atoms with Gasteiger partial charge in [0.25, 0.3) is 5.91 Å². The van der Waals surface area contributed by atoms with Gasteiger partial charge in [0.15, 0.2) is 0 Å². The van der Waals surface area contributed by atoms with Crippen molar-refractivity contribution < 1.29 is 14.3 Å². The van der Waals surface area contributed by atoms with Crippen LogP contribution in [-0.4, -0.2) is 73.1 Å². The van der Waals surface area contributed by atoms with Crippen LogP contribution in [0.25, 0.3) is 0 Å². The number of rotatable bonds is 4. The molecule has 3 fully saturated rings. The first kappa shape index (κ1) is 19.4. The zero-order chi connectivity index (χ0) is 19.6. The Balaban J connectivity index is 1.34. The van der Waals surface area contributed by atoms with Crippen molar-refractivity contribution in [2.45, 2.75) is 50.2 Å². The average Bonchev–Trinajstić information content (AvgIpc) is 3.26. The number of likely N-dealkylation sites (tertiary alicyclic amines) is 1. The Kier molecular flexibility index (Phi) is 5.69. The van der Waals surface area contributed by atoms with Crippen LogP contribution in [0.15, 0.2) is 30.3 Å². The molecule has 1 aromatic carbocycles. The maximum Gasteiger partial charge on any atom is 0.253 e. The third-order valence-corrected chi connectivity index (χ3v) is 6.68. The van der Waals surface area contributed by atoms with E-state index in [1.807, 2.05) is 40.1 Å². The molecule has 4 rings (SSSR count). The van der Waals surface area contributed by atoms with E-state index in [2.05, 4.69) is 11.9 Å². The van der Waals surface area contributed by atoms with Gasteiger partial charge in [0.2, 0.25) is 5.91 Å². The number of anilines is 1. The van der Waals surface area contributed by atoms with Gasteiger partial charge in [0.1, 0.15) is 6.61 Å². The van der Waals surface area contributed by atoms with E-state index in [9.17, 15) is 9.59 Å². The number of amides is 2. The lowest BCUT2D eigenvalue weighted by Crippen LogP contribution is -2.60. The van der Waals surface area contributed by atoms with Crippen molar-refractivity contribution in [1.29, 1.82) is 0 Å². The van der Waals surface area contributed by atoms with Crippen molar-refractivity contribution in [1.82, 2.24) is 9.80 Å². The van der Waals surface area contributed by atoms with Crippen LogP contribution >= 0.6 is 0 Å². The van der Waals surface area contributed by atoms with Gasteiger partial charge in [-0.25, -0.2) is 0 Å².